The maximum absolute atomic E-state index is 13.8. The molecule has 0 aliphatic heterocycles. The summed E-state index contributed by atoms with van der Waals surface area (Å²) in [6, 6.07) is 4.20. The molecule has 3 rings (SSSR count). The third-order valence-corrected chi connectivity index (χ3v) is 3.88. The number of benzene rings is 1. The molecular formula is C15H16ClFN9O2+. The molecule has 28 heavy (non-hydrogen) atoms. The molecule has 0 saturated carbocycles. The predicted octanol–water partition coefficient (Wildman–Crippen LogP) is -0.567. The molecule has 3 aromatic rings. The summed E-state index contributed by atoms with van der Waals surface area (Å²) in [5, 5.41) is 18.8. The highest BCUT2D eigenvalue weighted by Gasteiger charge is 2.25. The van der Waals surface area contributed by atoms with Crippen LogP contribution in [0.3, 0.4) is 0 Å². The normalized spacial score (nSPS) is 11.5. The molecule has 1 amide bonds. The van der Waals surface area contributed by atoms with Crippen molar-refractivity contribution in [2.75, 3.05) is 19.8 Å². The molecule has 1 aromatic carbocycles. The Bertz CT molecular complexity index is 1010. The summed E-state index contributed by atoms with van der Waals surface area (Å²) in [7, 11) is 3.75. The zero-order valence-corrected chi connectivity index (χ0v) is 15.6. The molecule has 2 aromatic heterocycles. The minimum Gasteiger partial charge on any atom is -0.378 e. The van der Waals surface area contributed by atoms with Crippen LogP contribution in [-0.4, -0.2) is 51.5 Å². The SMILES string of the molecule is C[NH+](C)Cc1c(C(=O)NN=Cc2c(F)cccc2Cl)nnn1-c1nonc1N. The minimum absolute atomic E-state index is 0.000352. The molecule has 0 spiro atoms. The van der Waals surface area contributed by atoms with Gasteiger partial charge in [-0.1, -0.05) is 22.9 Å². The molecule has 0 saturated heterocycles. The number of aromatic nitrogens is 5. The number of hydrogen-bond acceptors (Lipinski definition) is 8. The average Bonchev–Trinajstić information content (AvgIpc) is 3.22. The number of hydrazone groups is 1. The fraction of sp³-hybridized carbons (Fsp3) is 0.200. The first-order valence-corrected chi connectivity index (χ1v) is 8.35. The summed E-state index contributed by atoms with van der Waals surface area (Å²) in [4.78, 5) is 13.5. The molecule has 11 nitrogen and oxygen atoms in total. The van der Waals surface area contributed by atoms with Crippen LogP contribution in [0.15, 0.2) is 27.9 Å². The van der Waals surface area contributed by atoms with Gasteiger partial charge in [-0.25, -0.2) is 14.4 Å². The number of rotatable bonds is 6. The van der Waals surface area contributed by atoms with Crippen LogP contribution < -0.4 is 16.1 Å². The van der Waals surface area contributed by atoms with Crippen molar-refractivity contribution >= 4 is 29.5 Å². The number of nitrogens with two attached hydrogens (primary N) is 1. The Morgan fingerprint density at radius 2 is 2.25 bits per heavy atom. The third kappa shape index (κ3) is 3.97. The number of amides is 1. The Morgan fingerprint density at radius 1 is 1.46 bits per heavy atom. The van der Waals surface area contributed by atoms with Crippen LogP contribution in [0.2, 0.25) is 5.02 Å². The standard InChI is InChI=1S/C15H15ClFN9O2/c1-25(2)7-11-12(20-24-26(11)14-13(18)22-28-23-14)15(27)21-19-6-8-9(16)4-3-5-10(8)17/h3-6H,7H2,1-2H3,(H2,18,22)(H,21,27)/p+1. The Kier molecular flexibility index (Phi) is 5.61. The van der Waals surface area contributed by atoms with Gasteiger partial charge in [0.15, 0.2) is 5.69 Å². The summed E-state index contributed by atoms with van der Waals surface area (Å²) in [6.45, 7) is 0.366. The van der Waals surface area contributed by atoms with Gasteiger partial charge in [-0.3, -0.25) is 4.79 Å². The van der Waals surface area contributed by atoms with Crippen LogP contribution in [-0.2, 0) is 6.54 Å². The van der Waals surface area contributed by atoms with Gasteiger partial charge in [0.2, 0.25) is 11.6 Å². The molecule has 4 N–H and O–H groups in total. The highest BCUT2D eigenvalue weighted by Crippen LogP contribution is 2.17. The number of halogens is 2. The van der Waals surface area contributed by atoms with Crippen LogP contribution in [0.5, 0.6) is 0 Å². The van der Waals surface area contributed by atoms with Crippen molar-refractivity contribution in [3.05, 3.63) is 46.0 Å². The van der Waals surface area contributed by atoms with Crippen molar-refractivity contribution in [3.8, 4) is 5.82 Å². The first kappa shape index (κ1) is 19.4. The van der Waals surface area contributed by atoms with Gasteiger partial charge in [0, 0.05) is 5.56 Å². The van der Waals surface area contributed by atoms with Gasteiger partial charge in [-0.2, -0.15) is 9.78 Å². The summed E-state index contributed by atoms with van der Waals surface area (Å²) < 4.78 is 19.6. The van der Waals surface area contributed by atoms with E-state index in [1.165, 1.54) is 22.9 Å². The van der Waals surface area contributed by atoms with Crippen molar-refractivity contribution in [1.29, 1.82) is 0 Å². The third-order valence-electron chi connectivity index (χ3n) is 3.55. The van der Waals surface area contributed by atoms with Crippen molar-refractivity contribution in [1.82, 2.24) is 30.7 Å². The van der Waals surface area contributed by atoms with Gasteiger partial charge in [-0.15, -0.1) is 5.10 Å². The molecule has 0 atom stereocenters. The summed E-state index contributed by atoms with van der Waals surface area (Å²) in [6.07, 6.45) is 1.11. The highest BCUT2D eigenvalue weighted by molar-refractivity contribution is 6.33. The topological polar surface area (TPSA) is 142 Å². The lowest BCUT2D eigenvalue weighted by Gasteiger charge is -2.08. The van der Waals surface area contributed by atoms with Gasteiger partial charge in [-0.05, 0) is 22.4 Å². The van der Waals surface area contributed by atoms with Crippen LogP contribution in [0, 0.1) is 5.82 Å². The maximum Gasteiger partial charge on any atom is 0.294 e. The first-order valence-electron chi connectivity index (χ1n) is 7.98. The number of nitrogen functional groups attached to an aromatic ring is 1. The van der Waals surface area contributed by atoms with E-state index in [1.807, 2.05) is 14.1 Å². The van der Waals surface area contributed by atoms with E-state index in [9.17, 15) is 9.18 Å². The zero-order chi connectivity index (χ0) is 20.3. The van der Waals surface area contributed by atoms with Gasteiger partial charge >= 0.3 is 0 Å². The molecule has 13 heteroatoms. The van der Waals surface area contributed by atoms with E-state index in [4.69, 9.17) is 17.3 Å². The molecule has 146 valence electrons. The van der Waals surface area contributed by atoms with Gasteiger partial charge in [0.25, 0.3) is 5.91 Å². The number of anilines is 1. The molecule has 0 radical (unpaired) electrons. The van der Waals surface area contributed by atoms with E-state index in [0.29, 0.717) is 12.2 Å². The van der Waals surface area contributed by atoms with Crippen molar-refractivity contribution in [2.24, 2.45) is 5.10 Å². The van der Waals surface area contributed by atoms with E-state index in [0.717, 1.165) is 11.1 Å². The van der Waals surface area contributed by atoms with Crippen LogP contribution >= 0.6 is 11.6 Å². The number of quaternary nitrogens is 1. The summed E-state index contributed by atoms with van der Waals surface area (Å²) in [5.74, 6) is -1.10. The van der Waals surface area contributed by atoms with Crippen LogP contribution in [0.4, 0.5) is 10.2 Å². The maximum atomic E-state index is 13.8. The lowest BCUT2D eigenvalue weighted by atomic mass is 10.2. The lowest BCUT2D eigenvalue weighted by Crippen LogP contribution is -3.04. The van der Waals surface area contributed by atoms with Crippen molar-refractivity contribution < 1.29 is 18.7 Å². The Balaban J connectivity index is 1.86. The molecule has 0 unspecified atom stereocenters. The van der Waals surface area contributed by atoms with Crippen molar-refractivity contribution in [2.45, 2.75) is 6.54 Å². The average molecular weight is 409 g/mol. The minimum atomic E-state index is -0.652. The Hall–Kier alpha value is -3.38. The van der Waals surface area contributed by atoms with E-state index >= 15 is 0 Å². The fourth-order valence-electron chi connectivity index (χ4n) is 2.32. The van der Waals surface area contributed by atoms with Crippen LogP contribution in [0.1, 0.15) is 21.7 Å². The number of carbonyl (C=O) groups is 1. The lowest BCUT2D eigenvalue weighted by molar-refractivity contribution is -0.873. The summed E-state index contributed by atoms with van der Waals surface area (Å²) in [5.41, 5.74) is 8.44. The monoisotopic (exact) mass is 408 g/mol. The van der Waals surface area contributed by atoms with Crippen molar-refractivity contribution in [3.63, 3.8) is 0 Å². The Morgan fingerprint density at radius 3 is 2.89 bits per heavy atom. The second kappa shape index (κ2) is 8.10. The van der Waals surface area contributed by atoms with Crippen LogP contribution in [0.25, 0.3) is 5.82 Å². The second-order valence-electron chi connectivity index (χ2n) is 5.99. The van der Waals surface area contributed by atoms with Gasteiger partial charge in [0.1, 0.15) is 18.1 Å². The number of nitrogens with one attached hydrogen (secondary N) is 2. The predicted molar refractivity (Wildman–Crippen MR) is 96.6 cm³/mol. The molecule has 0 aliphatic carbocycles. The second-order valence-corrected chi connectivity index (χ2v) is 6.40. The van der Waals surface area contributed by atoms with E-state index in [2.05, 4.69) is 35.8 Å². The zero-order valence-electron chi connectivity index (χ0n) is 14.8. The van der Waals surface area contributed by atoms with E-state index < -0.39 is 11.7 Å². The molecule has 0 bridgehead atoms. The summed E-state index contributed by atoms with van der Waals surface area (Å²) >= 11 is 5.91. The number of nitrogens with zero attached hydrogens (tertiary/aromatic N) is 6. The smallest absolute Gasteiger partial charge is 0.294 e. The first-order chi connectivity index (χ1) is 13.4. The van der Waals surface area contributed by atoms with E-state index in [-0.39, 0.29) is 27.9 Å². The molecule has 2 heterocycles. The largest absolute Gasteiger partial charge is 0.378 e. The quantitative estimate of drug-likeness (QED) is 0.366. The molecule has 0 fully saturated rings. The Labute approximate surface area is 162 Å². The number of hydrogen-bond donors (Lipinski definition) is 3. The van der Waals surface area contributed by atoms with Gasteiger partial charge < -0.3 is 10.6 Å². The number of carbonyl (C=O) groups excluding carboxylic acids is 1. The fourth-order valence-corrected chi connectivity index (χ4v) is 2.53. The van der Waals surface area contributed by atoms with E-state index in [1.54, 1.807) is 0 Å². The molecule has 0 aliphatic rings. The molecular weight excluding hydrogens is 393 g/mol. The highest BCUT2D eigenvalue weighted by atomic mass is 35.5. The van der Waals surface area contributed by atoms with Gasteiger partial charge in [0.05, 0.1) is 25.3 Å².